The van der Waals surface area contributed by atoms with Gasteiger partial charge in [0.2, 0.25) is 0 Å². The van der Waals surface area contributed by atoms with E-state index in [4.69, 9.17) is 4.74 Å². The molecular weight excluding hydrogens is 258 g/mol. The molecule has 0 bridgehead atoms. The number of thiazole rings is 1. The highest BCUT2D eigenvalue weighted by Crippen LogP contribution is 2.18. The van der Waals surface area contributed by atoms with Crippen LogP contribution in [0.15, 0.2) is 23.0 Å². The standard InChI is InChI=1S/C14H19N3OS/c1-10(2)15-6-13-14(5-4-11(3)17-13)18-7-12-8-19-9-16-12/h4-5,8-10,15H,6-7H2,1-3H3. The van der Waals surface area contributed by atoms with Crippen molar-refractivity contribution in [2.45, 2.75) is 40.0 Å². The molecule has 102 valence electrons. The zero-order valence-electron chi connectivity index (χ0n) is 11.5. The molecule has 0 radical (unpaired) electrons. The van der Waals surface area contributed by atoms with Crippen molar-refractivity contribution in [3.8, 4) is 5.75 Å². The molecule has 2 aromatic rings. The Kier molecular flexibility index (Phi) is 4.87. The second-order valence-corrected chi connectivity index (χ2v) is 5.42. The van der Waals surface area contributed by atoms with Crippen molar-refractivity contribution >= 4 is 11.3 Å². The van der Waals surface area contributed by atoms with Crippen molar-refractivity contribution in [2.75, 3.05) is 0 Å². The number of hydrogen-bond acceptors (Lipinski definition) is 5. The first-order chi connectivity index (χ1) is 9.15. The summed E-state index contributed by atoms with van der Waals surface area (Å²) in [4.78, 5) is 8.75. The van der Waals surface area contributed by atoms with Gasteiger partial charge in [-0.25, -0.2) is 4.98 Å². The topological polar surface area (TPSA) is 47.0 Å². The maximum Gasteiger partial charge on any atom is 0.142 e. The van der Waals surface area contributed by atoms with Crippen molar-refractivity contribution in [3.05, 3.63) is 40.1 Å². The summed E-state index contributed by atoms with van der Waals surface area (Å²) in [5.74, 6) is 0.826. The lowest BCUT2D eigenvalue weighted by atomic mass is 10.2. The van der Waals surface area contributed by atoms with Gasteiger partial charge in [-0.15, -0.1) is 11.3 Å². The summed E-state index contributed by atoms with van der Waals surface area (Å²) in [7, 11) is 0. The number of aromatic nitrogens is 2. The quantitative estimate of drug-likeness (QED) is 0.882. The van der Waals surface area contributed by atoms with Crippen molar-refractivity contribution in [1.29, 1.82) is 0 Å². The molecule has 2 heterocycles. The third-order valence-electron chi connectivity index (χ3n) is 2.61. The van der Waals surface area contributed by atoms with Crippen LogP contribution in [0.25, 0.3) is 0 Å². The molecule has 5 heteroatoms. The average Bonchev–Trinajstić information content (AvgIpc) is 2.88. The van der Waals surface area contributed by atoms with Gasteiger partial charge in [-0.3, -0.25) is 4.98 Å². The Morgan fingerprint density at radius 3 is 2.89 bits per heavy atom. The Hall–Kier alpha value is -1.46. The van der Waals surface area contributed by atoms with E-state index in [9.17, 15) is 0 Å². The van der Waals surface area contributed by atoms with Gasteiger partial charge in [-0.2, -0.15) is 0 Å². The highest BCUT2D eigenvalue weighted by molar-refractivity contribution is 7.07. The van der Waals surface area contributed by atoms with E-state index >= 15 is 0 Å². The summed E-state index contributed by atoms with van der Waals surface area (Å²) < 4.78 is 5.81. The predicted molar refractivity (Wildman–Crippen MR) is 77.4 cm³/mol. The minimum atomic E-state index is 0.425. The largest absolute Gasteiger partial charge is 0.485 e. The summed E-state index contributed by atoms with van der Waals surface area (Å²) >= 11 is 1.58. The van der Waals surface area contributed by atoms with Gasteiger partial charge in [0.15, 0.2) is 0 Å². The Morgan fingerprint density at radius 1 is 1.37 bits per heavy atom. The van der Waals surface area contributed by atoms with Crippen LogP contribution in [-0.2, 0) is 13.2 Å². The fraction of sp³-hybridized carbons (Fsp3) is 0.429. The van der Waals surface area contributed by atoms with Crippen LogP contribution in [0.3, 0.4) is 0 Å². The third kappa shape index (κ3) is 4.29. The predicted octanol–water partition coefficient (Wildman–Crippen LogP) is 2.92. The highest BCUT2D eigenvalue weighted by Gasteiger charge is 2.07. The number of pyridine rings is 1. The van der Waals surface area contributed by atoms with E-state index in [2.05, 4.69) is 29.1 Å². The molecule has 4 nitrogen and oxygen atoms in total. The Balaban J connectivity index is 2.05. The molecule has 0 saturated heterocycles. The number of rotatable bonds is 6. The molecule has 0 unspecified atom stereocenters. The third-order valence-corrected chi connectivity index (χ3v) is 3.24. The molecule has 0 atom stereocenters. The molecule has 0 aromatic carbocycles. The molecule has 0 aliphatic rings. The normalized spacial score (nSPS) is 10.9. The van der Waals surface area contributed by atoms with Crippen molar-refractivity contribution < 1.29 is 4.74 Å². The molecule has 19 heavy (non-hydrogen) atoms. The number of hydrogen-bond donors (Lipinski definition) is 1. The van der Waals surface area contributed by atoms with Crippen LogP contribution in [0.2, 0.25) is 0 Å². The van der Waals surface area contributed by atoms with Gasteiger partial charge in [-0.1, -0.05) is 13.8 Å². The molecule has 2 rings (SSSR count). The zero-order valence-corrected chi connectivity index (χ0v) is 12.3. The fourth-order valence-corrected chi connectivity index (χ4v) is 2.16. The van der Waals surface area contributed by atoms with Crippen LogP contribution in [0.5, 0.6) is 5.75 Å². The molecule has 1 N–H and O–H groups in total. The Labute approximate surface area is 117 Å². The molecule has 0 aliphatic heterocycles. The van der Waals surface area contributed by atoms with Crippen LogP contribution in [0, 0.1) is 6.92 Å². The van der Waals surface area contributed by atoms with Gasteiger partial charge in [0.25, 0.3) is 0 Å². The number of ether oxygens (including phenoxy) is 1. The summed E-state index contributed by atoms with van der Waals surface area (Å²) in [6, 6.07) is 4.37. The lowest BCUT2D eigenvalue weighted by Gasteiger charge is -2.13. The fourth-order valence-electron chi connectivity index (χ4n) is 1.62. The van der Waals surface area contributed by atoms with Crippen molar-refractivity contribution in [3.63, 3.8) is 0 Å². The van der Waals surface area contributed by atoms with Crippen LogP contribution in [0.1, 0.15) is 30.9 Å². The first-order valence-electron chi connectivity index (χ1n) is 6.35. The minimum Gasteiger partial charge on any atom is -0.485 e. The van der Waals surface area contributed by atoms with E-state index in [1.165, 1.54) is 0 Å². The maximum atomic E-state index is 5.81. The number of aryl methyl sites for hydroxylation is 1. The summed E-state index contributed by atoms with van der Waals surface area (Å²) in [6.45, 7) is 7.43. The van der Waals surface area contributed by atoms with E-state index in [0.717, 1.165) is 22.8 Å². The lowest BCUT2D eigenvalue weighted by molar-refractivity contribution is 0.295. The second-order valence-electron chi connectivity index (χ2n) is 4.70. The molecule has 0 aliphatic carbocycles. The Morgan fingerprint density at radius 2 is 2.21 bits per heavy atom. The average molecular weight is 277 g/mol. The molecule has 0 saturated carbocycles. The smallest absolute Gasteiger partial charge is 0.142 e. The molecule has 0 amide bonds. The minimum absolute atomic E-state index is 0.425. The monoisotopic (exact) mass is 277 g/mol. The summed E-state index contributed by atoms with van der Waals surface area (Å²) in [5.41, 5.74) is 4.71. The molecule has 2 aromatic heterocycles. The lowest BCUT2D eigenvalue weighted by Crippen LogP contribution is -2.23. The van der Waals surface area contributed by atoms with E-state index < -0.39 is 0 Å². The van der Waals surface area contributed by atoms with E-state index in [-0.39, 0.29) is 0 Å². The second kappa shape index (κ2) is 6.63. The van der Waals surface area contributed by atoms with Gasteiger partial charge < -0.3 is 10.1 Å². The zero-order chi connectivity index (χ0) is 13.7. The SMILES string of the molecule is Cc1ccc(OCc2cscn2)c(CNC(C)C)n1. The van der Waals surface area contributed by atoms with Crippen LogP contribution in [0.4, 0.5) is 0 Å². The van der Waals surface area contributed by atoms with Crippen molar-refractivity contribution in [2.24, 2.45) is 0 Å². The van der Waals surface area contributed by atoms with Gasteiger partial charge in [0.05, 0.1) is 16.9 Å². The molecular formula is C14H19N3OS. The van der Waals surface area contributed by atoms with Crippen LogP contribution < -0.4 is 10.1 Å². The summed E-state index contributed by atoms with van der Waals surface area (Å²) in [6.07, 6.45) is 0. The van der Waals surface area contributed by atoms with Gasteiger partial charge in [0, 0.05) is 23.7 Å². The first kappa shape index (κ1) is 14.0. The van der Waals surface area contributed by atoms with Crippen LogP contribution >= 0.6 is 11.3 Å². The molecule has 0 spiro atoms. The van der Waals surface area contributed by atoms with Gasteiger partial charge in [-0.05, 0) is 19.1 Å². The van der Waals surface area contributed by atoms with E-state index in [1.54, 1.807) is 11.3 Å². The number of nitrogens with one attached hydrogen (secondary N) is 1. The van der Waals surface area contributed by atoms with Crippen molar-refractivity contribution in [1.82, 2.24) is 15.3 Å². The van der Waals surface area contributed by atoms with Gasteiger partial charge in [0.1, 0.15) is 12.4 Å². The van der Waals surface area contributed by atoms with Crippen LogP contribution in [-0.4, -0.2) is 16.0 Å². The molecule has 0 fully saturated rings. The van der Waals surface area contributed by atoms with E-state index in [0.29, 0.717) is 19.2 Å². The highest BCUT2D eigenvalue weighted by atomic mass is 32.1. The first-order valence-corrected chi connectivity index (χ1v) is 7.29. The number of nitrogens with zero attached hydrogens (tertiary/aromatic N) is 2. The maximum absolute atomic E-state index is 5.81. The Bertz CT molecular complexity index is 511. The van der Waals surface area contributed by atoms with E-state index in [1.807, 2.05) is 29.9 Å². The summed E-state index contributed by atoms with van der Waals surface area (Å²) in [5, 5.41) is 5.36. The van der Waals surface area contributed by atoms with Gasteiger partial charge >= 0.3 is 0 Å².